The van der Waals surface area contributed by atoms with Gasteiger partial charge in [0.1, 0.15) is 18.2 Å². The second-order valence-electron chi connectivity index (χ2n) is 11.0. The van der Waals surface area contributed by atoms with Gasteiger partial charge in [-0.2, -0.15) is 15.1 Å². The predicted octanol–water partition coefficient (Wildman–Crippen LogP) is 1.79. The summed E-state index contributed by atoms with van der Waals surface area (Å²) in [5.41, 5.74) is 3.14. The molecule has 1 aliphatic heterocycles. The van der Waals surface area contributed by atoms with E-state index in [0.717, 1.165) is 72.2 Å². The van der Waals surface area contributed by atoms with Crippen molar-refractivity contribution in [2.75, 3.05) is 36.5 Å². The number of ether oxygens (including phenoxy) is 2. The van der Waals surface area contributed by atoms with Crippen molar-refractivity contribution < 1.29 is 15.0 Å². The number of quaternary nitrogens is 1. The molecule has 0 unspecified atom stereocenters. The van der Waals surface area contributed by atoms with Gasteiger partial charge < -0.3 is 30.4 Å². The highest BCUT2D eigenvalue weighted by atomic mass is 16.5. The molecule has 44 heavy (non-hydrogen) atoms. The Bertz CT molecular complexity index is 1710. The molecule has 0 aromatic carbocycles. The van der Waals surface area contributed by atoms with Crippen LogP contribution in [-0.2, 0) is 18.3 Å². The van der Waals surface area contributed by atoms with Gasteiger partial charge in [-0.3, -0.25) is 9.55 Å². The molecule has 5 aromatic rings. The van der Waals surface area contributed by atoms with E-state index < -0.39 is 0 Å². The first-order valence-corrected chi connectivity index (χ1v) is 14.8. The Balaban J connectivity index is 1.13. The van der Waals surface area contributed by atoms with Crippen molar-refractivity contribution >= 4 is 28.6 Å². The molecular weight excluding hydrogens is 564 g/mol. The number of pyridine rings is 2. The molecule has 0 spiro atoms. The van der Waals surface area contributed by atoms with Crippen LogP contribution in [0.2, 0.25) is 0 Å². The van der Waals surface area contributed by atoms with E-state index >= 15 is 0 Å². The molecule has 3 N–H and O–H groups in total. The smallest absolute Gasteiger partial charge is 0.305 e. The minimum Gasteiger partial charge on any atom is -0.628 e. The topological polar surface area (TPSA) is 173 Å². The summed E-state index contributed by atoms with van der Waals surface area (Å²) in [5, 5.41) is 20.1. The first kappa shape index (κ1) is 28.1. The summed E-state index contributed by atoms with van der Waals surface area (Å²) in [6.07, 6.45) is 12.3. The Morgan fingerprint density at radius 1 is 1.02 bits per heavy atom. The molecule has 0 radical (unpaired) electrons. The largest absolute Gasteiger partial charge is 0.628 e. The molecule has 15 nitrogen and oxygen atoms in total. The number of morpholine rings is 1. The highest BCUT2D eigenvalue weighted by Gasteiger charge is 2.25. The van der Waals surface area contributed by atoms with Crippen LogP contribution < -0.4 is 20.4 Å². The Morgan fingerprint density at radius 3 is 2.61 bits per heavy atom. The second kappa shape index (κ2) is 12.5. The van der Waals surface area contributed by atoms with Crippen LogP contribution in [0.25, 0.3) is 22.3 Å². The number of imidazole rings is 1. The Kier molecular flexibility index (Phi) is 7.96. The predicted molar refractivity (Wildman–Crippen MR) is 161 cm³/mol. The van der Waals surface area contributed by atoms with E-state index in [0.29, 0.717) is 49.4 Å². The highest BCUT2D eigenvalue weighted by Crippen LogP contribution is 2.33. The van der Waals surface area contributed by atoms with Crippen LogP contribution in [0.15, 0.2) is 49.3 Å². The third-order valence-corrected chi connectivity index (χ3v) is 8.16. The van der Waals surface area contributed by atoms with Crippen LogP contribution in [-0.4, -0.2) is 82.7 Å². The molecule has 0 amide bonds. The van der Waals surface area contributed by atoms with E-state index in [1.54, 1.807) is 47.4 Å². The lowest BCUT2D eigenvalue weighted by atomic mass is 9.93. The van der Waals surface area contributed by atoms with E-state index in [1.165, 1.54) is 0 Å². The second-order valence-corrected chi connectivity index (χ2v) is 11.0. The molecule has 0 bridgehead atoms. The number of hydrogen-bond acceptors (Lipinski definition) is 12. The molecule has 2 aliphatic rings. The SMILES string of the molecule is Cn1c(Cn2cnc(-c3cnc4cc(N5CCOCC5)nc(OC5CCC(Nc6ncccn6)CC5)c4c3)n2)cnc1[NH2+][O-]. The minimum atomic E-state index is 0.0246. The Morgan fingerprint density at radius 2 is 1.84 bits per heavy atom. The van der Waals surface area contributed by atoms with Gasteiger partial charge in [0.2, 0.25) is 11.8 Å². The summed E-state index contributed by atoms with van der Waals surface area (Å²) in [7, 11) is 1.80. The van der Waals surface area contributed by atoms with Crippen LogP contribution in [0.1, 0.15) is 31.4 Å². The average Bonchev–Trinajstić information content (AvgIpc) is 3.69. The zero-order valence-electron chi connectivity index (χ0n) is 24.4. The number of nitrogens with one attached hydrogen (secondary N) is 1. The molecule has 5 aromatic heterocycles. The van der Waals surface area contributed by atoms with Gasteiger partial charge in [-0.15, -0.1) is 0 Å². The molecule has 0 atom stereocenters. The van der Waals surface area contributed by atoms with Crippen LogP contribution in [0.5, 0.6) is 5.88 Å². The van der Waals surface area contributed by atoms with Crippen molar-refractivity contribution in [2.24, 2.45) is 7.05 Å². The summed E-state index contributed by atoms with van der Waals surface area (Å²) in [4.78, 5) is 29.3. The summed E-state index contributed by atoms with van der Waals surface area (Å²) in [6, 6.07) is 6.12. The maximum atomic E-state index is 11.2. The quantitative estimate of drug-likeness (QED) is 0.236. The van der Waals surface area contributed by atoms with Crippen LogP contribution in [0.3, 0.4) is 0 Å². The van der Waals surface area contributed by atoms with Gasteiger partial charge >= 0.3 is 5.95 Å². The zero-order valence-corrected chi connectivity index (χ0v) is 24.4. The molecule has 228 valence electrons. The van der Waals surface area contributed by atoms with E-state index in [9.17, 15) is 5.21 Å². The summed E-state index contributed by atoms with van der Waals surface area (Å²) < 4.78 is 15.7. The number of anilines is 2. The Labute approximate surface area is 253 Å². The maximum absolute atomic E-state index is 11.2. The summed E-state index contributed by atoms with van der Waals surface area (Å²) >= 11 is 0. The fourth-order valence-corrected chi connectivity index (χ4v) is 5.67. The Hall–Kier alpha value is -4.73. The van der Waals surface area contributed by atoms with Crippen molar-refractivity contribution in [3.05, 3.63) is 60.2 Å². The van der Waals surface area contributed by atoms with Gasteiger partial charge in [-0.05, 0) is 37.8 Å². The first-order chi connectivity index (χ1) is 21.6. The van der Waals surface area contributed by atoms with Gasteiger partial charge in [-0.25, -0.2) is 19.6 Å². The third kappa shape index (κ3) is 6.02. The maximum Gasteiger partial charge on any atom is 0.305 e. The number of nitrogens with zero attached hydrogens (tertiary/aromatic N) is 10. The van der Waals surface area contributed by atoms with Gasteiger partial charge in [0.25, 0.3) is 0 Å². The van der Waals surface area contributed by atoms with Gasteiger partial charge in [-0.1, -0.05) is 0 Å². The normalized spacial score (nSPS) is 18.9. The van der Waals surface area contributed by atoms with Gasteiger partial charge in [0.15, 0.2) is 5.82 Å². The lowest BCUT2D eigenvalue weighted by Crippen LogP contribution is -2.71. The van der Waals surface area contributed by atoms with E-state index in [2.05, 4.69) is 35.3 Å². The van der Waals surface area contributed by atoms with Crippen LogP contribution >= 0.6 is 0 Å². The van der Waals surface area contributed by atoms with Crippen molar-refractivity contribution in [1.82, 2.24) is 44.3 Å². The molecular formula is C29H34N12O3. The number of nitrogens with two attached hydrogens (primary N) is 1. The highest BCUT2D eigenvalue weighted by molar-refractivity contribution is 5.88. The average molecular weight is 599 g/mol. The van der Waals surface area contributed by atoms with E-state index in [-0.39, 0.29) is 6.10 Å². The standard InChI is InChI=1S/C29H34N12O3/c1-39-21(16-33-29(39)38-42)17-41-18-34-26(37-41)19-13-23-24(32-15-19)14-25(40-9-11-43-12-10-40)36-27(23)44-22-5-3-20(4-6-22)35-28-30-7-2-8-31-28/h2,7-8,13-16,18,20,22H,3-6,9-12,17,38H2,1H3,(H,30,31,35). The summed E-state index contributed by atoms with van der Waals surface area (Å²) in [6.45, 7) is 3.28. The van der Waals surface area contributed by atoms with Crippen molar-refractivity contribution in [2.45, 2.75) is 44.4 Å². The van der Waals surface area contributed by atoms with Crippen molar-refractivity contribution in [1.29, 1.82) is 0 Å². The van der Waals surface area contributed by atoms with Gasteiger partial charge in [0, 0.05) is 56.4 Å². The molecule has 2 fully saturated rings. The van der Waals surface area contributed by atoms with Crippen molar-refractivity contribution in [3.8, 4) is 17.3 Å². The fourth-order valence-electron chi connectivity index (χ4n) is 5.67. The molecule has 1 saturated heterocycles. The molecule has 15 heteroatoms. The van der Waals surface area contributed by atoms with Gasteiger partial charge in [0.05, 0.1) is 42.6 Å². The summed E-state index contributed by atoms with van der Waals surface area (Å²) in [5.74, 6) is 2.96. The van der Waals surface area contributed by atoms with Crippen molar-refractivity contribution in [3.63, 3.8) is 0 Å². The zero-order chi connectivity index (χ0) is 29.9. The third-order valence-electron chi connectivity index (χ3n) is 8.16. The van der Waals surface area contributed by atoms with E-state index in [4.69, 9.17) is 19.4 Å². The first-order valence-electron chi connectivity index (χ1n) is 14.8. The number of hydrogen-bond donors (Lipinski definition) is 2. The number of rotatable bonds is 9. The van der Waals surface area contributed by atoms with Crippen LogP contribution in [0, 0.1) is 5.21 Å². The lowest BCUT2D eigenvalue weighted by Gasteiger charge is -2.31. The number of aromatic nitrogens is 9. The monoisotopic (exact) mass is 598 g/mol. The van der Waals surface area contributed by atoms with Crippen LogP contribution in [0.4, 0.5) is 17.7 Å². The molecule has 1 aliphatic carbocycles. The molecule has 7 rings (SSSR count). The fraction of sp³-hybridized carbons (Fsp3) is 0.414. The number of fused-ring (bicyclic) bond motifs is 1. The molecule has 1 saturated carbocycles. The lowest BCUT2D eigenvalue weighted by molar-refractivity contribution is -0.507. The minimum absolute atomic E-state index is 0.0246. The molecule has 6 heterocycles. The van der Waals surface area contributed by atoms with E-state index in [1.807, 2.05) is 18.2 Å².